The molecule has 3 atom stereocenters. The molecule has 41 heavy (non-hydrogen) atoms. The third-order valence-electron chi connectivity index (χ3n) is 6.87. The molecule has 1 N–H and O–H groups in total. The molecule has 1 fully saturated rings. The molecule has 3 heterocycles. The highest BCUT2D eigenvalue weighted by atomic mass is 79.9. The van der Waals surface area contributed by atoms with Gasteiger partial charge in [-0.05, 0) is 60.2 Å². The highest BCUT2D eigenvalue weighted by molar-refractivity contribution is 9.10. The topological polar surface area (TPSA) is 88.5 Å². The van der Waals surface area contributed by atoms with Crippen LogP contribution in [0.1, 0.15) is 16.4 Å². The van der Waals surface area contributed by atoms with Gasteiger partial charge in [-0.25, -0.2) is 9.29 Å². The van der Waals surface area contributed by atoms with Crippen LogP contribution in [-0.4, -0.2) is 27.5 Å². The molecule has 0 saturated carbocycles. The zero-order valence-corrected chi connectivity index (χ0v) is 25.4. The van der Waals surface area contributed by atoms with Gasteiger partial charge in [-0.15, -0.1) is 0 Å². The zero-order chi connectivity index (χ0) is 29.0. The minimum atomic E-state index is -0.855. The van der Waals surface area contributed by atoms with E-state index in [0.717, 1.165) is 27.6 Å². The summed E-state index contributed by atoms with van der Waals surface area (Å²) in [4.78, 5) is 55.1. The van der Waals surface area contributed by atoms with Gasteiger partial charge in [0.2, 0.25) is 17.7 Å². The molecule has 7 nitrogen and oxygen atoms in total. The number of halogens is 4. The van der Waals surface area contributed by atoms with Crippen molar-refractivity contribution in [2.75, 3.05) is 10.2 Å². The highest BCUT2D eigenvalue weighted by Gasteiger charge is 2.56. The Balaban J connectivity index is 1.40. The Hall–Kier alpha value is -2.96. The molecule has 3 aromatic carbocycles. The number of thiazole rings is 1. The third-order valence-corrected chi connectivity index (χ3v) is 10.7. The van der Waals surface area contributed by atoms with Crippen molar-refractivity contribution in [1.82, 2.24) is 4.57 Å². The van der Waals surface area contributed by atoms with Crippen LogP contribution < -0.4 is 15.1 Å². The van der Waals surface area contributed by atoms with Crippen molar-refractivity contribution < 1.29 is 18.8 Å². The fourth-order valence-corrected chi connectivity index (χ4v) is 8.38. The molecule has 0 bridgehead atoms. The van der Waals surface area contributed by atoms with E-state index in [9.17, 15) is 23.6 Å². The fraction of sp³-hybridized carbons (Fsp3) is 0.143. The molecule has 0 spiro atoms. The van der Waals surface area contributed by atoms with Crippen molar-refractivity contribution >= 4 is 91.3 Å². The summed E-state index contributed by atoms with van der Waals surface area (Å²) in [7, 11) is 0. The molecule has 13 heteroatoms. The van der Waals surface area contributed by atoms with E-state index in [1.807, 2.05) is 0 Å². The molecule has 0 aliphatic carbocycles. The number of rotatable bonds is 5. The monoisotopic (exact) mass is 691 g/mol. The second-order valence-electron chi connectivity index (χ2n) is 9.38. The van der Waals surface area contributed by atoms with Crippen LogP contribution in [0.5, 0.6) is 0 Å². The van der Waals surface area contributed by atoms with E-state index in [2.05, 4.69) is 21.2 Å². The normalized spacial score (nSPS) is 19.7. The molecule has 208 valence electrons. The Morgan fingerprint density at radius 3 is 2.34 bits per heavy atom. The first-order valence-electron chi connectivity index (χ1n) is 12.2. The maximum absolute atomic E-state index is 13.9. The first-order chi connectivity index (χ1) is 19.6. The summed E-state index contributed by atoms with van der Waals surface area (Å²) in [5.41, 5.74) is 1.42. The fourth-order valence-electron chi connectivity index (χ4n) is 5.05. The Morgan fingerprint density at radius 2 is 1.66 bits per heavy atom. The van der Waals surface area contributed by atoms with Crippen molar-refractivity contribution in [2.45, 2.75) is 22.7 Å². The molecule has 2 aliphatic heterocycles. The van der Waals surface area contributed by atoms with Crippen molar-refractivity contribution in [3.8, 4) is 0 Å². The Bertz CT molecular complexity index is 1780. The molecule has 0 radical (unpaired) electrons. The number of imide groups is 1. The maximum atomic E-state index is 13.9. The summed E-state index contributed by atoms with van der Waals surface area (Å²) in [6, 6.07) is 17.1. The molecule has 4 aromatic rings. The highest BCUT2D eigenvalue weighted by Crippen LogP contribution is 2.53. The van der Waals surface area contributed by atoms with Gasteiger partial charge in [0.1, 0.15) is 17.6 Å². The van der Waals surface area contributed by atoms with Gasteiger partial charge in [-0.1, -0.05) is 74.4 Å². The van der Waals surface area contributed by atoms with E-state index < -0.39 is 45.5 Å². The van der Waals surface area contributed by atoms with Crippen molar-refractivity contribution in [1.29, 1.82) is 0 Å². The number of nitrogens with zero attached hydrogens (tertiary/aromatic N) is 2. The lowest BCUT2D eigenvalue weighted by molar-refractivity contribution is -0.122. The third kappa shape index (κ3) is 5.14. The van der Waals surface area contributed by atoms with Crippen LogP contribution >= 0.6 is 62.2 Å². The molecule has 2 aliphatic rings. The summed E-state index contributed by atoms with van der Waals surface area (Å²) >= 11 is 17.4. The van der Waals surface area contributed by atoms with Crippen LogP contribution in [-0.2, 0) is 20.9 Å². The van der Waals surface area contributed by atoms with Gasteiger partial charge >= 0.3 is 4.87 Å². The van der Waals surface area contributed by atoms with Gasteiger partial charge in [0.15, 0.2) is 0 Å². The van der Waals surface area contributed by atoms with Crippen LogP contribution in [0.25, 0.3) is 0 Å². The minimum absolute atomic E-state index is 0.262. The number of hydrogen-bond acceptors (Lipinski definition) is 6. The van der Waals surface area contributed by atoms with Gasteiger partial charge < -0.3 is 5.32 Å². The molecule has 0 unspecified atom stereocenters. The average molecular weight is 693 g/mol. The van der Waals surface area contributed by atoms with Gasteiger partial charge in [0.05, 0.1) is 26.7 Å². The van der Waals surface area contributed by atoms with Crippen LogP contribution in [0.2, 0.25) is 10.0 Å². The molecular weight excluding hydrogens is 676 g/mol. The summed E-state index contributed by atoms with van der Waals surface area (Å²) in [6.45, 7) is -0.329. The van der Waals surface area contributed by atoms with Gasteiger partial charge in [-0.2, -0.15) is 0 Å². The predicted molar refractivity (Wildman–Crippen MR) is 162 cm³/mol. The van der Waals surface area contributed by atoms with Crippen molar-refractivity contribution in [3.63, 3.8) is 0 Å². The standard InChI is InChI=1S/C28H17BrCl2FN3O4S2/c29-14-3-8-17(9-4-14)35-25(37)22-21(13-1-5-15(32)6-2-13)24-27(40-23(22)26(35)38)34(28(39)41-24)12-20(36)33-16-7-10-18(30)19(31)11-16/h1-11,21-23H,12H2,(H,33,36)/t21-,22-,23+/m0/s1. The number of amides is 3. The van der Waals surface area contributed by atoms with Crippen LogP contribution in [0.4, 0.5) is 15.8 Å². The number of nitrogens with one attached hydrogen (secondary N) is 1. The smallest absolute Gasteiger partial charge is 0.308 e. The van der Waals surface area contributed by atoms with Gasteiger partial charge in [-0.3, -0.25) is 23.7 Å². The second kappa shape index (κ2) is 11.0. The van der Waals surface area contributed by atoms with Crippen LogP contribution in [0.3, 0.4) is 0 Å². The van der Waals surface area contributed by atoms with E-state index in [0.29, 0.717) is 31.9 Å². The molecular formula is C28H17BrCl2FN3O4S2. The first kappa shape index (κ1) is 28.2. The van der Waals surface area contributed by atoms with E-state index in [1.54, 1.807) is 48.5 Å². The van der Waals surface area contributed by atoms with E-state index in [-0.39, 0.29) is 11.6 Å². The van der Waals surface area contributed by atoms with E-state index >= 15 is 0 Å². The lowest BCUT2D eigenvalue weighted by Crippen LogP contribution is -2.33. The van der Waals surface area contributed by atoms with Gasteiger partial charge in [0.25, 0.3) is 0 Å². The van der Waals surface area contributed by atoms with Crippen molar-refractivity contribution in [3.05, 3.63) is 107 Å². The van der Waals surface area contributed by atoms with Crippen LogP contribution in [0.15, 0.2) is 81.0 Å². The Kier molecular flexibility index (Phi) is 7.58. The molecule has 1 aromatic heterocycles. The minimum Gasteiger partial charge on any atom is -0.324 e. The Morgan fingerprint density at radius 1 is 0.951 bits per heavy atom. The maximum Gasteiger partial charge on any atom is 0.308 e. The average Bonchev–Trinajstić information content (AvgIpc) is 3.38. The molecule has 6 rings (SSSR count). The quantitative estimate of drug-likeness (QED) is 0.240. The lowest BCUT2D eigenvalue weighted by Gasteiger charge is -2.30. The number of carbonyl (C=O) groups is 3. The molecule has 1 saturated heterocycles. The van der Waals surface area contributed by atoms with E-state index in [4.69, 9.17) is 23.2 Å². The Labute approximate surface area is 259 Å². The number of hydrogen-bond donors (Lipinski definition) is 1. The summed E-state index contributed by atoms with van der Waals surface area (Å²) in [6.07, 6.45) is 0. The first-order valence-corrected chi connectivity index (χ1v) is 15.4. The lowest BCUT2D eigenvalue weighted by atomic mass is 9.83. The summed E-state index contributed by atoms with van der Waals surface area (Å²) < 4.78 is 16.0. The SMILES string of the molecule is O=C(Cn1c2c(sc1=O)[C@@H](c1ccc(F)cc1)[C@@H]1C(=O)N(c3ccc(Br)cc3)C(=O)[C@@H]1S2)Nc1ccc(Cl)c(Cl)c1. The predicted octanol–water partition coefficient (Wildman–Crippen LogP) is 6.55. The van der Waals surface area contributed by atoms with E-state index in [1.165, 1.54) is 27.7 Å². The number of carbonyl (C=O) groups excluding carboxylic acids is 3. The zero-order valence-electron chi connectivity index (χ0n) is 20.6. The number of benzene rings is 3. The second-order valence-corrected chi connectivity index (χ2v) is 13.2. The summed E-state index contributed by atoms with van der Waals surface area (Å²) in [5.74, 6) is -3.28. The largest absolute Gasteiger partial charge is 0.324 e. The molecule has 3 amide bonds. The number of thioether (sulfide) groups is 1. The number of fused-ring (bicyclic) bond motifs is 2. The van der Waals surface area contributed by atoms with Crippen LogP contribution in [0, 0.1) is 11.7 Å². The number of aromatic nitrogens is 1. The van der Waals surface area contributed by atoms with Gasteiger partial charge in [0, 0.05) is 21.0 Å². The number of anilines is 2. The summed E-state index contributed by atoms with van der Waals surface area (Å²) in [5, 5.41) is 2.87. The van der Waals surface area contributed by atoms with Crippen molar-refractivity contribution in [2.24, 2.45) is 5.92 Å².